The summed E-state index contributed by atoms with van der Waals surface area (Å²) in [4.78, 5) is 12.8. The number of anilines is 1. The maximum Gasteiger partial charge on any atom is 0.253 e. The van der Waals surface area contributed by atoms with Crippen molar-refractivity contribution in [1.82, 2.24) is 4.31 Å². The normalized spacial score (nSPS) is 20.1. The lowest BCUT2D eigenvalue weighted by molar-refractivity contribution is -0.120. The Kier molecular flexibility index (Phi) is 4.60. The minimum absolute atomic E-state index is 0.155. The van der Waals surface area contributed by atoms with Crippen LogP contribution in [0.5, 0.6) is 11.5 Å². The molecule has 4 rings (SSSR count). The number of piperidine rings is 1. The lowest BCUT2D eigenvalue weighted by atomic mass is 10.0. The van der Waals surface area contributed by atoms with E-state index < -0.39 is 16.1 Å². The van der Waals surface area contributed by atoms with E-state index in [1.165, 1.54) is 4.31 Å². The van der Waals surface area contributed by atoms with Gasteiger partial charge in [-0.2, -0.15) is 4.31 Å². The topological polar surface area (TPSA) is 84.9 Å². The van der Waals surface area contributed by atoms with Gasteiger partial charge in [0.1, 0.15) is 10.3 Å². The van der Waals surface area contributed by atoms with Gasteiger partial charge in [-0.3, -0.25) is 4.79 Å². The van der Waals surface area contributed by atoms with Crippen molar-refractivity contribution in [2.45, 2.75) is 29.5 Å². The monoisotopic (exact) mass is 394 g/mol. The zero-order valence-electron chi connectivity index (χ0n) is 13.9. The summed E-state index contributed by atoms with van der Waals surface area (Å²) >= 11 is 1.16. The molecule has 0 spiro atoms. The summed E-state index contributed by atoms with van der Waals surface area (Å²) in [7, 11) is -3.67. The second-order valence-electron chi connectivity index (χ2n) is 6.12. The predicted octanol–water partition coefficient (Wildman–Crippen LogP) is 2.66. The van der Waals surface area contributed by atoms with E-state index in [0.29, 0.717) is 30.2 Å². The molecular weight excluding hydrogens is 376 g/mol. The Balaban J connectivity index is 1.55. The molecule has 1 saturated heterocycles. The van der Waals surface area contributed by atoms with Crippen molar-refractivity contribution in [1.29, 1.82) is 0 Å². The first-order chi connectivity index (χ1) is 12.6. The molecule has 9 heteroatoms. The van der Waals surface area contributed by atoms with Crippen LogP contribution in [0.2, 0.25) is 0 Å². The average molecular weight is 394 g/mol. The Labute approximate surface area is 155 Å². The highest BCUT2D eigenvalue weighted by Crippen LogP contribution is 2.35. The van der Waals surface area contributed by atoms with Crippen LogP contribution in [-0.4, -0.2) is 38.0 Å². The lowest BCUT2D eigenvalue weighted by Crippen LogP contribution is -2.49. The largest absolute Gasteiger partial charge is 0.454 e. The number of carbonyl (C=O) groups is 1. The van der Waals surface area contributed by atoms with Crippen LogP contribution in [0.3, 0.4) is 0 Å². The molecule has 1 N–H and O–H groups in total. The molecule has 138 valence electrons. The van der Waals surface area contributed by atoms with E-state index in [2.05, 4.69) is 5.32 Å². The van der Waals surface area contributed by atoms with Gasteiger partial charge in [0.2, 0.25) is 12.7 Å². The third-order valence-corrected chi connectivity index (χ3v) is 7.74. The number of benzene rings is 1. The van der Waals surface area contributed by atoms with Crippen LogP contribution < -0.4 is 14.8 Å². The molecular formula is C17H18N2O5S2. The second kappa shape index (κ2) is 6.90. The number of fused-ring (bicyclic) bond motifs is 1. The van der Waals surface area contributed by atoms with Crippen molar-refractivity contribution >= 4 is 33.0 Å². The van der Waals surface area contributed by atoms with Gasteiger partial charge in [-0.1, -0.05) is 12.5 Å². The van der Waals surface area contributed by atoms with E-state index in [9.17, 15) is 13.2 Å². The average Bonchev–Trinajstić information content (AvgIpc) is 3.33. The van der Waals surface area contributed by atoms with Crippen molar-refractivity contribution < 1.29 is 22.7 Å². The van der Waals surface area contributed by atoms with Gasteiger partial charge in [0.25, 0.3) is 10.0 Å². The maximum absolute atomic E-state index is 12.9. The summed E-state index contributed by atoms with van der Waals surface area (Å²) < 4.78 is 37.9. The first-order valence-electron chi connectivity index (χ1n) is 8.31. The van der Waals surface area contributed by atoms with E-state index in [-0.39, 0.29) is 16.9 Å². The first-order valence-corrected chi connectivity index (χ1v) is 10.6. The molecule has 7 nitrogen and oxygen atoms in total. The molecule has 0 aliphatic carbocycles. The van der Waals surface area contributed by atoms with Crippen molar-refractivity contribution in [3.05, 3.63) is 35.7 Å². The van der Waals surface area contributed by atoms with Crippen LogP contribution in [0, 0.1) is 0 Å². The standard InChI is InChI=1S/C17H18N2O5S2/c20-17(18-12-6-7-14-15(10-12)24-11-23-14)13-4-1-2-8-19(13)26(21,22)16-5-3-9-25-16/h3,5-7,9-10,13H,1-2,4,8,11H2,(H,18,20). The molecule has 1 aromatic carbocycles. The van der Waals surface area contributed by atoms with Gasteiger partial charge in [0, 0.05) is 18.3 Å². The van der Waals surface area contributed by atoms with Crippen LogP contribution in [0.1, 0.15) is 19.3 Å². The summed E-state index contributed by atoms with van der Waals surface area (Å²) in [5.41, 5.74) is 0.554. The van der Waals surface area contributed by atoms with E-state index in [4.69, 9.17) is 9.47 Å². The second-order valence-corrected chi connectivity index (χ2v) is 9.18. The Morgan fingerprint density at radius 2 is 2.04 bits per heavy atom. The first kappa shape index (κ1) is 17.3. The fourth-order valence-corrected chi connectivity index (χ4v) is 5.96. The molecule has 1 aromatic heterocycles. The van der Waals surface area contributed by atoms with Gasteiger partial charge >= 0.3 is 0 Å². The molecule has 1 amide bonds. The fourth-order valence-electron chi connectivity index (χ4n) is 3.18. The number of nitrogens with zero attached hydrogens (tertiary/aromatic N) is 1. The smallest absolute Gasteiger partial charge is 0.253 e. The highest BCUT2D eigenvalue weighted by atomic mass is 32.2. The van der Waals surface area contributed by atoms with Crippen molar-refractivity contribution in [3.8, 4) is 11.5 Å². The van der Waals surface area contributed by atoms with Gasteiger partial charge in [-0.25, -0.2) is 8.42 Å². The van der Waals surface area contributed by atoms with E-state index >= 15 is 0 Å². The van der Waals surface area contributed by atoms with Crippen molar-refractivity contribution in [3.63, 3.8) is 0 Å². The number of hydrogen-bond acceptors (Lipinski definition) is 6. The minimum atomic E-state index is -3.67. The van der Waals surface area contributed by atoms with Crippen molar-refractivity contribution in [2.24, 2.45) is 0 Å². The summed E-state index contributed by atoms with van der Waals surface area (Å²) in [6.07, 6.45) is 2.06. The Bertz CT molecular complexity index is 911. The van der Waals surface area contributed by atoms with Crippen LogP contribution in [-0.2, 0) is 14.8 Å². The quantitative estimate of drug-likeness (QED) is 0.862. The van der Waals surface area contributed by atoms with E-state index in [1.54, 1.807) is 35.7 Å². The molecule has 0 saturated carbocycles. The number of hydrogen-bond donors (Lipinski definition) is 1. The summed E-state index contributed by atoms with van der Waals surface area (Å²) in [6.45, 7) is 0.502. The molecule has 2 aliphatic heterocycles. The number of amides is 1. The number of sulfonamides is 1. The summed E-state index contributed by atoms with van der Waals surface area (Å²) in [5, 5.41) is 4.53. The Hall–Kier alpha value is -2.10. The number of carbonyl (C=O) groups excluding carboxylic acids is 1. The van der Waals surface area contributed by atoms with Crippen LogP contribution in [0.4, 0.5) is 5.69 Å². The van der Waals surface area contributed by atoms with Crippen LogP contribution in [0.15, 0.2) is 39.9 Å². The molecule has 3 heterocycles. The number of ether oxygens (including phenoxy) is 2. The Morgan fingerprint density at radius 1 is 1.19 bits per heavy atom. The molecule has 1 unspecified atom stereocenters. The number of thiophene rings is 1. The highest BCUT2D eigenvalue weighted by molar-refractivity contribution is 7.91. The molecule has 0 bridgehead atoms. The van der Waals surface area contributed by atoms with Crippen LogP contribution in [0.25, 0.3) is 0 Å². The molecule has 2 aliphatic rings. The SMILES string of the molecule is O=C(Nc1ccc2c(c1)OCO2)C1CCCCN1S(=O)(=O)c1cccs1. The molecule has 0 radical (unpaired) electrons. The van der Waals surface area contributed by atoms with E-state index in [0.717, 1.165) is 24.2 Å². The molecule has 26 heavy (non-hydrogen) atoms. The summed E-state index contributed by atoms with van der Waals surface area (Å²) in [5.74, 6) is 0.862. The zero-order valence-corrected chi connectivity index (χ0v) is 15.5. The molecule has 1 atom stereocenters. The zero-order chi connectivity index (χ0) is 18.1. The third kappa shape index (κ3) is 3.17. The fraction of sp³-hybridized carbons (Fsp3) is 0.353. The molecule has 2 aromatic rings. The Morgan fingerprint density at radius 3 is 2.85 bits per heavy atom. The van der Waals surface area contributed by atoms with Gasteiger partial charge in [-0.15, -0.1) is 11.3 Å². The maximum atomic E-state index is 12.9. The van der Waals surface area contributed by atoms with Gasteiger partial charge in [0.05, 0.1) is 0 Å². The minimum Gasteiger partial charge on any atom is -0.454 e. The third-order valence-electron chi connectivity index (χ3n) is 4.45. The van der Waals surface area contributed by atoms with E-state index in [1.807, 2.05) is 0 Å². The highest BCUT2D eigenvalue weighted by Gasteiger charge is 2.38. The van der Waals surface area contributed by atoms with Gasteiger partial charge in [0.15, 0.2) is 11.5 Å². The lowest BCUT2D eigenvalue weighted by Gasteiger charge is -2.33. The van der Waals surface area contributed by atoms with Crippen LogP contribution >= 0.6 is 11.3 Å². The number of rotatable bonds is 4. The summed E-state index contributed by atoms with van der Waals surface area (Å²) in [6, 6.07) is 7.66. The number of nitrogens with one attached hydrogen (secondary N) is 1. The molecule has 1 fully saturated rings. The predicted molar refractivity (Wildman–Crippen MR) is 97.0 cm³/mol. The van der Waals surface area contributed by atoms with Gasteiger partial charge in [-0.05, 0) is 36.4 Å². The van der Waals surface area contributed by atoms with Gasteiger partial charge < -0.3 is 14.8 Å². The van der Waals surface area contributed by atoms with Crippen molar-refractivity contribution in [2.75, 3.05) is 18.7 Å².